The van der Waals surface area contributed by atoms with E-state index >= 15 is 0 Å². The van der Waals surface area contributed by atoms with E-state index in [0.717, 1.165) is 19.3 Å². The highest BCUT2D eigenvalue weighted by atomic mass is 32.1. The van der Waals surface area contributed by atoms with E-state index in [0.29, 0.717) is 5.41 Å². The summed E-state index contributed by atoms with van der Waals surface area (Å²) in [6.07, 6.45) is 5.49. The smallest absolute Gasteiger partial charge is 0.0848 e. The van der Waals surface area contributed by atoms with E-state index in [9.17, 15) is 0 Å². The zero-order valence-corrected chi connectivity index (χ0v) is 13.1. The fourth-order valence-electron chi connectivity index (χ4n) is 3.09. The van der Waals surface area contributed by atoms with Crippen molar-refractivity contribution in [1.82, 2.24) is 5.43 Å². The molecule has 3 nitrogen and oxygen atoms in total. The SMILES string of the molecule is COC1(C(Cc2ccsc2)NN)CCC(C)(C)CC1. The average molecular weight is 282 g/mol. The van der Waals surface area contributed by atoms with E-state index in [1.807, 2.05) is 7.11 Å². The minimum atomic E-state index is -0.119. The van der Waals surface area contributed by atoms with Gasteiger partial charge in [-0.05, 0) is 59.9 Å². The van der Waals surface area contributed by atoms with Crippen LogP contribution in [0.4, 0.5) is 0 Å². The van der Waals surface area contributed by atoms with Crippen LogP contribution in [0, 0.1) is 5.41 Å². The Bertz CT molecular complexity index is 379. The number of hydrogen-bond acceptors (Lipinski definition) is 4. The molecule has 1 atom stereocenters. The van der Waals surface area contributed by atoms with Crippen LogP contribution in [0.2, 0.25) is 0 Å². The predicted molar refractivity (Wildman–Crippen MR) is 81.1 cm³/mol. The fourth-order valence-corrected chi connectivity index (χ4v) is 3.77. The first kappa shape index (κ1) is 15.0. The van der Waals surface area contributed by atoms with Gasteiger partial charge in [0.15, 0.2) is 0 Å². The first-order valence-electron chi connectivity index (χ1n) is 7.04. The summed E-state index contributed by atoms with van der Waals surface area (Å²) in [5.41, 5.74) is 4.67. The molecule has 0 spiro atoms. The predicted octanol–water partition coefficient (Wildman–Crippen LogP) is 3.11. The van der Waals surface area contributed by atoms with Crippen LogP contribution in [0.3, 0.4) is 0 Å². The van der Waals surface area contributed by atoms with Crippen molar-refractivity contribution in [2.24, 2.45) is 11.3 Å². The van der Waals surface area contributed by atoms with Crippen molar-refractivity contribution >= 4 is 11.3 Å². The van der Waals surface area contributed by atoms with Gasteiger partial charge < -0.3 is 4.74 Å². The Kier molecular flexibility index (Phi) is 4.66. The maximum atomic E-state index is 5.93. The second kappa shape index (κ2) is 5.92. The lowest BCUT2D eigenvalue weighted by Gasteiger charge is -2.46. The standard InChI is InChI=1S/C15H26N2OS/c1-14(2)5-7-15(18-3,8-6-14)13(17-16)10-12-4-9-19-11-12/h4,9,11,13,17H,5-8,10,16H2,1-3H3. The fraction of sp³-hybridized carbons (Fsp3) is 0.733. The van der Waals surface area contributed by atoms with Gasteiger partial charge in [0, 0.05) is 7.11 Å². The molecule has 1 heterocycles. The molecule has 1 saturated carbocycles. The molecule has 1 aromatic rings. The van der Waals surface area contributed by atoms with Crippen LogP contribution in [0.1, 0.15) is 45.1 Å². The molecule has 0 radical (unpaired) electrons. The van der Waals surface area contributed by atoms with Gasteiger partial charge in [0.05, 0.1) is 11.6 Å². The van der Waals surface area contributed by atoms with Crippen LogP contribution in [-0.2, 0) is 11.2 Å². The summed E-state index contributed by atoms with van der Waals surface area (Å²) < 4.78 is 5.93. The van der Waals surface area contributed by atoms with Crippen molar-refractivity contribution in [2.45, 2.75) is 57.6 Å². The first-order valence-corrected chi connectivity index (χ1v) is 7.98. The number of rotatable bonds is 5. The molecule has 0 bridgehead atoms. The number of nitrogens with two attached hydrogens (primary N) is 1. The molecule has 2 rings (SSSR count). The Balaban J connectivity index is 2.10. The molecule has 0 amide bonds. The molecule has 19 heavy (non-hydrogen) atoms. The van der Waals surface area contributed by atoms with E-state index in [1.165, 1.54) is 18.4 Å². The molecule has 108 valence electrons. The highest BCUT2D eigenvalue weighted by molar-refractivity contribution is 7.07. The summed E-state index contributed by atoms with van der Waals surface area (Å²) in [6, 6.07) is 2.36. The molecular formula is C15H26N2OS. The number of methoxy groups -OCH3 is 1. The molecule has 1 aliphatic carbocycles. The third-order valence-corrected chi connectivity index (χ3v) is 5.44. The molecular weight excluding hydrogens is 256 g/mol. The van der Waals surface area contributed by atoms with Crippen LogP contribution in [0.5, 0.6) is 0 Å². The zero-order valence-electron chi connectivity index (χ0n) is 12.2. The summed E-state index contributed by atoms with van der Waals surface area (Å²) in [7, 11) is 1.83. The van der Waals surface area contributed by atoms with Crippen molar-refractivity contribution < 1.29 is 4.74 Å². The van der Waals surface area contributed by atoms with Crippen molar-refractivity contribution in [3.05, 3.63) is 22.4 Å². The van der Waals surface area contributed by atoms with Crippen molar-refractivity contribution in [1.29, 1.82) is 0 Å². The molecule has 1 aromatic heterocycles. The Morgan fingerprint density at radius 3 is 2.53 bits per heavy atom. The Hall–Kier alpha value is -0.420. The minimum absolute atomic E-state index is 0.119. The minimum Gasteiger partial charge on any atom is -0.377 e. The van der Waals surface area contributed by atoms with Crippen LogP contribution < -0.4 is 11.3 Å². The monoisotopic (exact) mass is 282 g/mol. The highest BCUT2D eigenvalue weighted by Gasteiger charge is 2.43. The van der Waals surface area contributed by atoms with Crippen LogP contribution in [0.15, 0.2) is 16.8 Å². The van der Waals surface area contributed by atoms with E-state index < -0.39 is 0 Å². The Labute approximate surface area is 120 Å². The Morgan fingerprint density at radius 1 is 1.37 bits per heavy atom. The summed E-state index contributed by atoms with van der Waals surface area (Å²) in [4.78, 5) is 0. The van der Waals surface area contributed by atoms with E-state index in [2.05, 4.69) is 36.1 Å². The van der Waals surface area contributed by atoms with Crippen molar-refractivity contribution in [3.8, 4) is 0 Å². The number of hydrazine groups is 1. The van der Waals surface area contributed by atoms with Crippen LogP contribution in [0.25, 0.3) is 0 Å². The summed E-state index contributed by atoms with van der Waals surface area (Å²) in [5, 5.41) is 4.31. The lowest BCUT2D eigenvalue weighted by molar-refractivity contribution is -0.0862. The molecule has 0 aromatic carbocycles. The third kappa shape index (κ3) is 3.37. The number of ether oxygens (including phenoxy) is 1. The van der Waals surface area contributed by atoms with Crippen molar-refractivity contribution in [3.63, 3.8) is 0 Å². The van der Waals surface area contributed by atoms with Gasteiger partial charge in [-0.25, -0.2) is 0 Å². The molecule has 1 unspecified atom stereocenters. The van der Waals surface area contributed by atoms with Gasteiger partial charge in [-0.3, -0.25) is 11.3 Å². The second-order valence-corrected chi connectivity index (χ2v) is 7.27. The number of thiophene rings is 1. The summed E-state index contributed by atoms with van der Waals surface area (Å²) in [6.45, 7) is 4.69. The highest BCUT2D eigenvalue weighted by Crippen LogP contribution is 2.43. The molecule has 3 N–H and O–H groups in total. The van der Waals surface area contributed by atoms with E-state index in [-0.39, 0.29) is 11.6 Å². The van der Waals surface area contributed by atoms with Crippen molar-refractivity contribution in [2.75, 3.05) is 7.11 Å². The van der Waals surface area contributed by atoms with Gasteiger partial charge in [-0.2, -0.15) is 11.3 Å². The maximum absolute atomic E-state index is 5.93. The van der Waals surface area contributed by atoms with Gasteiger partial charge in [0.2, 0.25) is 0 Å². The van der Waals surface area contributed by atoms with Crippen LogP contribution >= 0.6 is 11.3 Å². The molecule has 1 aliphatic rings. The summed E-state index contributed by atoms with van der Waals surface area (Å²) in [5.74, 6) is 5.82. The lowest BCUT2D eigenvalue weighted by Crippen LogP contribution is -2.57. The maximum Gasteiger partial charge on any atom is 0.0848 e. The summed E-state index contributed by atoms with van der Waals surface area (Å²) >= 11 is 1.74. The van der Waals surface area contributed by atoms with Gasteiger partial charge >= 0.3 is 0 Å². The van der Waals surface area contributed by atoms with E-state index in [4.69, 9.17) is 10.6 Å². The average Bonchev–Trinajstić information content (AvgIpc) is 2.90. The number of nitrogens with one attached hydrogen (secondary N) is 1. The molecule has 0 aliphatic heterocycles. The van der Waals surface area contributed by atoms with E-state index in [1.54, 1.807) is 11.3 Å². The van der Waals surface area contributed by atoms with Gasteiger partial charge in [-0.1, -0.05) is 13.8 Å². The quantitative estimate of drug-likeness (QED) is 0.644. The topological polar surface area (TPSA) is 47.3 Å². The van der Waals surface area contributed by atoms with Gasteiger partial charge in [-0.15, -0.1) is 0 Å². The molecule has 1 fully saturated rings. The molecule has 4 heteroatoms. The van der Waals surface area contributed by atoms with Gasteiger partial charge in [0.1, 0.15) is 0 Å². The molecule has 0 saturated heterocycles. The first-order chi connectivity index (χ1) is 9.01. The Morgan fingerprint density at radius 2 is 2.05 bits per heavy atom. The normalized spacial score (nSPS) is 23.2. The third-order valence-electron chi connectivity index (χ3n) is 4.71. The van der Waals surface area contributed by atoms with Crippen LogP contribution in [-0.4, -0.2) is 18.8 Å². The zero-order chi connectivity index (χ0) is 13.9. The largest absolute Gasteiger partial charge is 0.377 e. The van der Waals surface area contributed by atoms with Gasteiger partial charge in [0.25, 0.3) is 0 Å². The lowest BCUT2D eigenvalue weighted by atomic mass is 9.68. The number of hydrogen-bond donors (Lipinski definition) is 2. The second-order valence-electron chi connectivity index (χ2n) is 6.49.